The number of benzene rings is 1. The molecule has 0 saturated carbocycles. The van der Waals surface area contributed by atoms with Gasteiger partial charge in [0.25, 0.3) is 0 Å². The first-order valence-corrected chi connectivity index (χ1v) is 6.75. The number of rotatable bonds is 6. The van der Waals surface area contributed by atoms with Gasteiger partial charge in [0.05, 0.1) is 6.61 Å². The maximum Gasteiger partial charge on any atom is 0.165 e. The first-order chi connectivity index (χ1) is 7.69. The van der Waals surface area contributed by atoms with Crippen molar-refractivity contribution >= 4 is 11.8 Å². The van der Waals surface area contributed by atoms with Crippen LogP contribution in [-0.4, -0.2) is 18.6 Å². The predicted octanol–water partition coefficient (Wildman–Crippen LogP) is 2.98. The topological polar surface area (TPSA) is 35.2 Å². The number of ether oxygens (including phenoxy) is 1. The first kappa shape index (κ1) is 13.3. The smallest absolute Gasteiger partial charge is 0.165 e. The fourth-order valence-electron chi connectivity index (χ4n) is 1.43. The summed E-state index contributed by atoms with van der Waals surface area (Å²) in [6, 6.07) is 4.85. The second-order valence-electron chi connectivity index (χ2n) is 3.51. The molecule has 16 heavy (non-hydrogen) atoms. The molecule has 0 amide bonds. The monoisotopic (exact) mass is 243 g/mol. The van der Waals surface area contributed by atoms with E-state index in [-0.39, 0.29) is 11.9 Å². The van der Waals surface area contributed by atoms with Crippen molar-refractivity contribution in [3.63, 3.8) is 0 Å². The molecule has 90 valence electrons. The van der Waals surface area contributed by atoms with Crippen LogP contribution in [0.1, 0.15) is 24.9 Å². The highest BCUT2D eigenvalue weighted by Gasteiger charge is 2.09. The molecule has 1 aromatic carbocycles. The van der Waals surface area contributed by atoms with Crippen molar-refractivity contribution in [3.05, 3.63) is 29.6 Å². The van der Waals surface area contributed by atoms with Gasteiger partial charge in [0.1, 0.15) is 0 Å². The standard InChI is InChI=1S/C12H18FNOS/c1-3-15-12-5-4-9(8-10(12)13)11(14)6-7-16-2/h4-5,8,11H,3,6-7,14H2,1-2H3. The minimum absolute atomic E-state index is 0.0994. The van der Waals surface area contributed by atoms with E-state index >= 15 is 0 Å². The van der Waals surface area contributed by atoms with Crippen molar-refractivity contribution in [2.45, 2.75) is 19.4 Å². The van der Waals surface area contributed by atoms with Crippen LogP contribution in [0.25, 0.3) is 0 Å². The molecule has 0 aliphatic carbocycles. The molecule has 0 spiro atoms. The third kappa shape index (κ3) is 3.68. The van der Waals surface area contributed by atoms with E-state index in [9.17, 15) is 4.39 Å². The lowest BCUT2D eigenvalue weighted by Gasteiger charge is -2.12. The van der Waals surface area contributed by atoms with Crippen LogP contribution >= 0.6 is 11.8 Å². The van der Waals surface area contributed by atoms with Crippen molar-refractivity contribution in [1.29, 1.82) is 0 Å². The highest BCUT2D eigenvalue weighted by molar-refractivity contribution is 7.98. The van der Waals surface area contributed by atoms with Crippen molar-refractivity contribution in [2.24, 2.45) is 5.73 Å². The highest BCUT2D eigenvalue weighted by atomic mass is 32.2. The van der Waals surface area contributed by atoms with E-state index in [1.807, 2.05) is 19.2 Å². The predicted molar refractivity (Wildman–Crippen MR) is 67.5 cm³/mol. The van der Waals surface area contributed by atoms with Crippen LogP contribution in [-0.2, 0) is 0 Å². The maximum atomic E-state index is 13.5. The summed E-state index contributed by atoms with van der Waals surface area (Å²) in [6.07, 6.45) is 2.89. The van der Waals surface area contributed by atoms with Crippen LogP contribution < -0.4 is 10.5 Å². The Morgan fingerprint density at radius 3 is 2.81 bits per heavy atom. The van der Waals surface area contributed by atoms with Gasteiger partial charge >= 0.3 is 0 Å². The van der Waals surface area contributed by atoms with Gasteiger partial charge in [0.2, 0.25) is 0 Å². The molecule has 0 fully saturated rings. The molecular weight excluding hydrogens is 225 g/mol. The Labute approximate surface area is 100 Å². The second kappa shape index (κ2) is 6.76. The van der Waals surface area contributed by atoms with E-state index in [0.29, 0.717) is 12.4 Å². The van der Waals surface area contributed by atoms with Gasteiger partial charge in [-0.25, -0.2) is 4.39 Å². The Morgan fingerprint density at radius 2 is 2.25 bits per heavy atom. The van der Waals surface area contributed by atoms with Gasteiger partial charge in [-0.1, -0.05) is 6.07 Å². The molecule has 1 aromatic rings. The fraction of sp³-hybridized carbons (Fsp3) is 0.500. The molecule has 4 heteroatoms. The van der Waals surface area contributed by atoms with Crippen LogP contribution in [0.4, 0.5) is 4.39 Å². The van der Waals surface area contributed by atoms with Gasteiger partial charge in [0, 0.05) is 6.04 Å². The lowest BCUT2D eigenvalue weighted by Crippen LogP contribution is -2.11. The summed E-state index contributed by atoms with van der Waals surface area (Å²) < 4.78 is 18.7. The molecule has 2 N–H and O–H groups in total. The molecule has 1 unspecified atom stereocenters. The van der Waals surface area contributed by atoms with E-state index in [2.05, 4.69) is 0 Å². The molecule has 0 radical (unpaired) electrons. The van der Waals surface area contributed by atoms with Crippen molar-refractivity contribution < 1.29 is 9.13 Å². The number of hydrogen-bond donors (Lipinski definition) is 1. The Kier molecular flexibility index (Phi) is 5.63. The van der Waals surface area contributed by atoms with Crippen LogP contribution in [0.5, 0.6) is 5.75 Å². The maximum absolute atomic E-state index is 13.5. The largest absolute Gasteiger partial charge is 0.491 e. The zero-order valence-corrected chi connectivity index (χ0v) is 10.5. The average Bonchev–Trinajstić information content (AvgIpc) is 2.29. The minimum Gasteiger partial charge on any atom is -0.491 e. The lowest BCUT2D eigenvalue weighted by atomic mass is 10.1. The summed E-state index contributed by atoms with van der Waals surface area (Å²) in [4.78, 5) is 0. The molecule has 0 aliphatic heterocycles. The van der Waals surface area contributed by atoms with Crippen LogP contribution in [0, 0.1) is 5.82 Å². The second-order valence-corrected chi connectivity index (χ2v) is 4.50. The van der Waals surface area contributed by atoms with Gasteiger partial charge in [-0.3, -0.25) is 0 Å². The SMILES string of the molecule is CCOc1ccc(C(N)CCSC)cc1F. The molecule has 1 rings (SSSR count). The molecule has 0 saturated heterocycles. The van der Waals surface area contributed by atoms with E-state index in [0.717, 1.165) is 17.7 Å². The normalized spacial score (nSPS) is 12.5. The van der Waals surface area contributed by atoms with Gasteiger partial charge in [-0.15, -0.1) is 0 Å². The molecule has 0 aromatic heterocycles. The molecule has 0 heterocycles. The third-order valence-electron chi connectivity index (χ3n) is 2.32. The van der Waals surface area contributed by atoms with Crippen LogP contribution in [0.2, 0.25) is 0 Å². The van der Waals surface area contributed by atoms with E-state index in [1.165, 1.54) is 6.07 Å². The Morgan fingerprint density at radius 1 is 1.50 bits per heavy atom. The highest BCUT2D eigenvalue weighted by Crippen LogP contribution is 2.23. The van der Waals surface area contributed by atoms with Crippen molar-refractivity contribution in [1.82, 2.24) is 0 Å². The zero-order chi connectivity index (χ0) is 12.0. The summed E-state index contributed by atoms with van der Waals surface area (Å²) in [5, 5.41) is 0. The summed E-state index contributed by atoms with van der Waals surface area (Å²) >= 11 is 1.74. The Hall–Kier alpha value is -0.740. The number of hydrogen-bond acceptors (Lipinski definition) is 3. The third-order valence-corrected chi connectivity index (χ3v) is 2.96. The van der Waals surface area contributed by atoms with E-state index in [1.54, 1.807) is 17.8 Å². The quantitative estimate of drug-likeness (QED) is 0.834. The Balaban J connectivity index is 2.71. The van der Waals surface area contributed by atoms with E-state index < -0.39 is 0 Å². The van der Waals surface area contributed by atoms with Gasteiger partial charge in [-0.05, 0) is 43.0 Å². The molecule has 0 bridgehead atoms. The summed E-state index contributed by atoms with van der Waals surface area (Å²) in [6.45, 7) is 2.30. The summed E-state index contributed by atoms with van der Waals surface area (Å²) in [5.41, 5.74) is 6.78. The first-order valence-electron chi connectivity index (χ1n) is 5.35. The van der Waals surface area contributed by atoms with Gasteiger partial charge in [-0.2, -0.15) is 11.8 Å². The van der Waals surface area contributed by atoms with Crippen molar-refractivity contribution in [3.8, 4) is 5.75 Å². The zero-order valence-electron chi connectivity index (χ0n) is 9.70. The number of halogens is 1. The fourth-order valence-corrected chi connectivity index (χ4v) is 1.92. The molecule has 2 nitrogen and oxygen atoms in total. The molecule has 0 aliphatic rings. The number of thioether (sulfide) groups is 1. The average molecular weight is 243 g/mol. The van der Waals surface area contributed by atoms with E-state index in [4.69, 9.17) is 10.5 Å². The summed E-state index contributed by atoms with van der Waals surface area (Å²) in [5.74, 6) is 0.943. The van der Waals surface area contributed by atoms with Gasteiger partial charge < -0.3 is 10.5 Å². The van der Waals surface area contributed by atoms with Gasteiger partial charge in [0.15, 0.2) is 11.6 Å². The lowest BCUT2D eigenvalue weighted by molar-refractivity contribution is 0.321. The molecular formula is C12H18FNOS. The minimum atomic E-state index is -0.334. The summed E-state index contributed by atoms with van der Waals surface area (Å²) in [7, 11) is 0. The van der Waals surface area contributed by atoms with Crippen LogP contribution in [0.15, 0.2) is 18.2 Å². The molecule has 1 atom stereocenters. The van der Waals surface area contributed by atoms with Crippen molar-refractivity contribution in [2.75, 3.05) is 18.6 Å². The van der Waals surface area contributed by atoms with Crippen LogP contribution in [0.3, 0.4) is 0 Å². The number of nitrogens with two attached hydrogens (primary N) is 1. The Bertz CT molecular complexity index is 333.